The zero-order valence-corrected chi connectivity index (χ0v) is 17.7. The fraction of sp³-hybridized carbons (Fsp3) is 0.160. The van der Waals surface area contributed by atoms with Crippen molar-refractivity contribution in [3.05, 3.63) is 83.9 Å². The highest BCUT2D eigenvalue weighted by molar-refractivity contribution is 5.98. The molecule has 0 radical (unpaired) electrons. The average molecular weight is 436 g/mol. The standard InChI is InChI=1S/C25H20N6O2/c26-15-20-16-27-9-7-21(20)17-3-5-18(6-4-17)24(32)30-10-12-31(13-11-30)25(33)22-14-19-2-1-8-28-23(19)29-22/h1-9,14,16H,10-13H2,(H,28,29). The minimum absolute atomic E-state index is 0.0707. The molecule has 1 aliphatic heterocycles. The minimum atomic E-state index is -0.0879. The van der Waals surface area contributed by atoms with E-state index < -0.39 is 0 Å². The van der Waals surface area contributed by atoms with Gasteiger partial charge in [-0.3, -0.25) is 14.6 Å². The van der Waals surface area contributed by atoms with Crippen molar-refractivity contribution in [2.75, 3.05) is 26.2 Å². The number of carbonyl (C=O) groups is 2. The molecule has 1 saturated heterocycles. The van der Waals surface area contributed by atoms with Crippen molar-refractivity contribution >= 4 is 22.8 Å². The number of carbonyl (C=O) groups excluding carboxylic acids is 2. The molecule has 0 unspecified atom stereocenters. The van der Waals surface area contributed by atoms with Crippen LogP contribution in [0.5, 0.6) is 0 Å². The third kappa shape index (κ3) is 3.92. The smallest absolute Gasteiger partial charge is 0.270 e. The predicted octanol–water partition coefficient (Wildman–Crippen LogP) is 3.09. The van der Waals surface area contributed by atoms with Gasteiger partial charge in [-0.1, -0.05) is 12.1 Å². The SMILES string of the molecule is N#Cc1cnccc1-c1ccc(C(=O)N2CCN(C(=O)c3cc4cccnc4[nH]3)CC2)cc1. The Bertz CT molecular complexity index is 1350. The summed E-state index contributed by atoms with van der Waals surface area (Å²) >= 11 is 0. The number of benzene rings is 1. The summed E-state index contributed by atoms with van der Waals surface area (Å²) in [7, 11) is 0. The molecule has 3 aromatic heterocycles. The number of aromatic nitrogens is 3. The number of hydrogen-bond acceptors (Lipinski definition) is 5. The van der Waals surface area contributed by atoms with Gasteiger partial charge in [0.1, 0.15) is 17.4 Å². The van der Waals surface area contributed by atoms with Crippen LogP contribution in [0.4, 0.5) is 0 Å². The average Bonchev–Trinajstić information content (AvgIpc) is 3.32. The maximum absolute atomic E-state index is 13.0. The largest absolute Gasteiger partial charge is 0.335 e. The van der Waals surface area contributed by atoms with Crippen molar-refractivity contribution in [3.63, 3.8) is 0 Å². The second-order valence-electron chi connectivity index (χ2n) is 7.82. The molecule has 0 aliphatic carbocycles. The first kappa shape index (κ1) is 20.4. The lowest BCUT2D eigenvalue weighted by Gasteiger charge is -2.34. The monoisotopic (exact) mass is 436 g/mol. The van der Waals surface area contributed by atoms with E-state index in [0.717, 1.165) is 16.5 Å². The number of rotatable bonds is 3. The van der Waals surface area contributed by atoms with Crippen molar-refractivity contribution in [3.8, 4) is 17.2 Å². The summed E-state index contributed by atoms with van der Waals surface area (Å²) in [6.07, 6.45) is 4.85. The summed E-state index contributed by atoms with van der Waals surface area (Å²) in [4.78, 5) is 40.7. The summed E-state index contributed by atoms with van der Waals surface area (Å²) in [5.74, 6) is -0.159. The Morgan fingerprint density at radius 2 is 1.67 bits per heavy atom. The van der Waals surface area contributed by atoms with E-state index in [0.29, 0.717) is 48.6 Å². The molecule has 0 saturated carbocycles. The Kier molecular flexibility index (Phi) is 5.29. The molecular formula is C25H20N6O2. The van der Waals surface area contributed by atoms with Gasteiger partial charge in [0.05, 0.1) is 5.56 Å². The van der Waals surface area contributed by atoms with Crippen molar-refractivity contribution < 1.29 is 9.59 Å². The lowest BCUT2D eigenvalue weighted by atomic mass is 10.0. The van der Waals surface area contributed by atoms with Crippen LogP contribution in [-0.2, 0) is 0 Å². The van der Waals surface area contributed by atoms with Crippen LogP contribution in [-0.4, -0.2) is 62.7 Å². The molecule has 0 bridgehead atoms. The number of aromatic amines is 1. The van der Waals surface area contributed by atoms with E-state index in [-0.39, 0.29) is 11.8 Å². The highest BCUT2D eigenvalue weighted by Crippen LogP contribution is 2.23. The molecule has 162 valence electrons. The molecule has 8 nitrogen and oxygen atoms in total. The fourth-order valence-electron chi connectivity index (χ4n) is 4.07. The van der Waals surface area contributed by atoms with Crippen molar-refractivity contribution in [1.82, 2.24) is 24.8 Å². The van der Waals surface area contributed by atoms with E-state index >= 15 is 0 Å². The summed E-state index contributed by atoms with van der Waals surface area (Å²) in [6.45, 7) is 1.86. The van der Waals surface area contributed by atoms with Gasteiger partial charge >= 0.3 is 0 Å². The summed E-state index contributed by atoms with van der Waals surface area (Å²) < 4.78 is 0. The summed E-state index contributed by atoms with van der Waals surface area (Å²) in [6, 6.07) is 16.7. The van der Waals surface area contributed by atoms with E-state index in [1.54, 1.807) is 40.4 Å². The van der Waals surface area contributed by atoms with Crippen molar-refractivity contribution in [1.29, 1.82) is 5.26 Å². The molecule has 2 amide bonds. The topological polar surface area (TPSA) is 106 Å². The van der Waals surface area contributed by atoms with Gasteiger partial charge in [-0.15, -0.1) is 0 Å². The van der Waals surface area contributed by atoms with E-state index in [2.05, 4.69) is 21.0 Å². The van der Waals surface area contributed by atoms with Gasteiger partial charge in [0.25, 0.3) is 11.8 Å². The van der Waals surface area contributed by atoms with E-state index in [1.807, 2.05) is 30.3 Å². The van der Waals surface area contributed by atoms with Gasteiger partial charge in [0, 0.05) is 61.3 Å². The number of amides is 2. The predicted molar refractivity (Wildman–Crippen MR) is 122 cm³/mol. The highest BCUT2D eigenvalue weighted by Gasteiger charge is 2.26. The lowest BCUT2D eigenvalue weighted by molar-refractivity contribution is 0.0533. The quantitative estimate of drug-likeness (QED) is 0.531. The molecule has 1 aromatic carbocycles. The first-order chi connectivity index (χ1) is 16.1. The van der Waals surface area contributed by atoms with Gasteiger partial charge in [-0.2, -0.15) is 5.26 Å². The zero-order chi connectivity index (χ0) is 22.8. The third-order valence-corrected chi connectivity index (χ3v) is 5.86. The van der Waals surface area contributed by atoms with Gasteiger partial charge < -0.3 is 14.8 Å². The number of H-pyrrole nitrogens is 1. The molecule has 1 N–H and O–H groups in total. The van der Waals surface area contributed by atoms with Crippen LogP contribution in [0.1, 0.15) is 26.4 Å². The molecule has 0 atom stereocenters. The molecule has 1 aliphatic rings. The molecule has 4 aromatic rings. The Hall–Kier alpha value is -4.51. The fourth-order valence-corrected chi connectivity index (χ4v) is 4.07. The van der Waals surface area contributed by atoms with Crippen LogP contribution >= 0.6 is 0 Å². The molecule has 8 heteroatoms. The molecule has 0 spiro atoms. The van der Waals surface area contributed by atoms with Crippen LogP contribution in [0.3, 0.4) is 0 Å². The van der Waals surface area contributed by atoms with Crippen LogP contribution in [0.25, 0.3) is 22.2 Å². The first-order valence-electron chi connectivity index (χ1n) is 10.6. The molecule has 33 heavy (non-hydrogen) atoms. The van der Waals surface area contributed by atoms with Crippen LogP contribution in [0, 0.1) is 11.3 Å². The number of nitriles is 1. The Labute approximate surface area is 190 Å². The van der Waals surface area contributed by atoms with Crippen molar-refractivity contribution in [2.45, 2.75) is 0 Å². The Balaban J connectivity index is 1.24. The van der Waals surface area contributed by atoms with E-state index in [9.17, 15) is 14.9 Å². The van der Waals surface area contributed by atoms with E-state index in [4.69, 9.17) is 0 Å². The number of fused-ring (bicyclic) bond motifs is 1. The number of nitrogens with zero attached hydrogens (tertiary/aromatic N) is 5. The molecular weight excluding hydrogens is 416 g/mol. The minimum Gasteiger partial charge on any atom is -0.335 e. The van der Waals surface area contributed by atoms with Gasteiger partial charge in [-0.05, 0) is 42.0 Å². The normalized spacial score (nSPS) is 13.7. The van der Waals surface area contributed by atoms with E-state index in [1.165, 1.54) is 6.20 Å². The van der Waals surface area contributed by atoms with Gasteiger partial charge in [0.2, 0.25) is 0 Å². The zero-order valence-electron chi connectivity index (χ0n) is 17.7. The second-order valence-corrected chi connectivity index (χ2v) is 7.82. The lowest BCUT2D eigenvalue weighted by Crippen LogP contribution is -2.50. The van der Waals surface area contributed by atoms with Crippen LogP contribution in [0.15, 0.2) is 67.1 Å². The highest BCUT2D eigenvalue weighted by atomic mass is 16.2. The Morgan fingerprint density at radius 3 is 2.36 bits per heavy atom. The van der Waals surface area contributed by atoms with Crippen molar-refractivity contribution in [2.24, 2.45) is 0 Å². The first-order valence-corrected chi connectivity index (χ1v) is 10.6. The Morgan fingerprint density at radius 1 is 0.939 bits per heavy atom. The maximum atomic E-state index is 13.0. The van der Waals surface area contributed by atoms with Gasteiger partial charge in [0.15, 0.2) is 0 Å². The second kappa shape index (κ2) is 8.55. The number of hydrogen-bond donors (Lipinski definition) is 1. The maximum Gasteiger partial charge on any atom is 0.270 e. The summed E-state index contributed by atoms with van der Waals surface area (Å²) in [5, 5.41) is 10.2. The van der Waals surface area contributed by atoms with Crippen LogP contribution < -0.4 is 0 Å². The number of pyridine rings is 2. The van der Waals surface area contributed by atoms with Crippen LogP contribution in [0.2, 0.25) is 0 Å². The number of nitrogens with one attached hydrogen (secondary N) is 1. The molecule has 5 rings (SSSR count). The van der Waals surface area contributed by atoms with Gasteiger partial charge in [-0.25, -0.2) is 4.98 Å². The third-order valence-electron chi connectivity index (χ3n) is 5.86. The molecule has 1 fully saturated rings. The summed E-state index contributed by atoms with van der Waals surface area (Å²) in [5.41, 5.74) is 3.90. The molecule has 4 heterocycles. The number of piperazine rings is 1.